The number of ether oxygens (including phenoxy) is 1. The van der Waals surface area contributed by atoms with Gasteiger partial charge in [0.1, 0.15) is 5.75 Å². The first-order valence-electron chi connectivity index (χ1n) is 7.84. The minimum atomic E-state index is 0.419. The Morgan fingerprint density at radius 3 is 2.48 bits per heavy atom. The lowest BCUT2D eigenvalue weighted by Gasteiger charge is -2.15. The van der Waals surface area contributed by atoms with E-state index in [2.05, 4.69) is 60.8 Å². The molecule has 0 aromatic heterocycles. The number of nitrogens with one attached hydrogen (secondary N) is 1. The van der Waals surface area contributed by atoms with Crippen LogP contribution in [0, 0.1) is 0 Å². The van der Waals surface area contributed by atoms with E-state index in [-0.39, 0.29) is 0 Å². The van der Waals surface area contributed by atoms with Gasteiger partial charge >= 0.3 is 0 Å². The van der Waals surface area contributed by atoms with E-state index in [4.69, 9.17) is 4.74 Å². The van der Waals surface area contributed by atoms with E-state index < -0.39 is 0 Å². The SMILES string of the molecule is CCC(NC)c1cccc(-c2ccc(OC3CC3)cc2)c1. The van der Waals surface area contributed by atoms with Gasteiger partial charge in [0.2, 0.25) is 0 Å². The van der Waals surface area contributed by atoms with E-state index in [1.54, 1.807) is 0 Å². The molecule has 0 aliphatic heterocycles. The molecule has 0 amide bonds. The maximum Gasteiger partial charge on any atom is 0.119 e. The molecule has 0 heterocycles. The molecule has 1 fully saturated rings. The van der Waals surface area contributed by atoms with Crippen molar-refractivity contribution in [3.8, 4) is 16.9 Å². The molecule has 1 saturated carbocycles. The fourth-order valence-corrected chi connectivity index (χ4v) is 2.65. The molecular weight excluding hydrogens is 258 g/mol. The Kier molecular flexibility index (Phi) is 4.26. The van der Waals surface area contributed by atoms with Gasteiger partial charge in [0, 0.05) is 6.04 Å². The fraction of sp³-hybridized carbons (Fsp3) is 0.368. The van der Waals surface area contributed by atoms with Gasteiger partial charge in [-0.05, 0) is 61.2 Å². The summed E-state index contributed by atoms with van der Waals surface area (Å²) in [5, 5.41) is 3.36. The minimum Gasteiger partial charge on any atom is -0.490 e. The van der Waals surface area contributed by atoms with Crippen molar-refractivity contribution >= 4 is 0 Å². The van der Waals surface area contributed by atoms with Crippen LogP contribution in [0.5, 0.6) is 5.75 Å². The monoisotopic (exact) mass is 281 g/mol. The van der Waals surface area contributed by atoms with E-state index in [9.17, 15) is 0 Å². The summed E-state index contributed by atoms with van der Waals surface area (Å²) in [4.78, 5) is 0. The average molecular weight is 281 g/mol. The quantitative estimate of drug-likeness (QED) is 0.837. The van der Waals surface area contributed by atoms with Crippen LogP contribution in [0.15, 0.2) is 48.5 Å². The molecule has 21 heavy (non-hydrogen) atoms. The summed E-state index contributed by atoms with van der Waals surface area (Å²) in [5.41, 5.74) is 3.85. The molecule has 2 aromatic carbocycles. The summed E-state index contributed by atoms with van der Waals surface area (Å²) in [6.45, 7) is 2.21. The van der Waals surface area contributed by atoms with Crippen LogP contribution < -0.4 is 10.1 Å². The van der Waals surface area contributed by atoms with Gasteiger partial charge in [-0.15, -0.1) is 0 Å². The molecule has 110 valence electrons. The van der Waals surface area contributed by atoms with Gasteiger partial charge in [-0.3, -0.25) is 0 Å². The highest BCUT2D eigenvalue weighted by molar-refractivity contribution is 5.65. The molecule has 3 rings (SSSR count). The normalized spacial score (nSPS) is 15.7. The van der Waals surface area contributed by atoms with E-state index in [1.807, 2.05) is 7.05 Å². The van der Waals surface area contributed by atoms with Crippen LogP contribution in [0.3, 0.4) is 0 Å². The van der Waals surface area contributed by atoms with Gasteiger partial charge < -0.3 is 10.1 Å². The summed E-state index contributed by atoms with van der Waals surface area (Å²) < 4.78 is 5.80. The third kappa shape index (κ3) is 3.45. The number of hydrogen-bond donors (Lipinski definition) is 1. The largest absolute Gasteiger partial charge is 0.490 e. The third-order valence-corrected chi connectivity index (χ3v) is 4.06. The molecule has 0 spiro atoms. The summed E-state index contributed by atoms with van der Waals surface area (Å²) >= 11 is 0. The van der Waals surface area contributed by atoms with Crippen molar-refractivity contribution in [2.45, 2.75) is 38.3 Å². The summed E-state index contributed by atoms with van der Waals surface area (Å²) in [6.07, 6.45) is 3.95. The van der Waals surface area contributed by atoms with Crippen LogP contribution in [0.1, 0.15) is 37.8 Å². The summed E-state index contributed by atoms with van der Waals surface area (Å²) in [7, 11) is 2.02. The standard InChI is InChI=1S/C19H23NO/c1-3-19(20-2)16-6-4-5-15(13-16)14-7-9-17(10-8-14)21-18-11-12-18/h4-10,13,18-20H,3,11-12H2,1-2H3. The zero-order valence-corrected chi connectivity index (χ0v) is 12.8. The van der Waals surface area contributed by atoms with E-state index in [0.29, 0.717) is 12.1 Å². The number of hydrogen-bond acceptors (Lipinski definition) is 2. The van der Waals surface area contributed by atoms with Gasteiger partial charge in [0.15, 0.2) is 0 Å². The zero-order valence-electron chi connectivity index (χ0n) is 12.8. The lowest BCUT2D eigenvalue weighted by atomic mass is 9.98. The van der Waals surface area contributed by atoms with Crippen LogP contribution in [0.2, 0.25) is 0 Å². The summed E-state index contributed by atoms with van der Waals surface area (Å²) in [5.74, 6) is 0.985. The van der Waals surface area contributed by atoms with Gasteiger partial charge in [-0.1, -0.05) is 37.3 Å². The Bertz CT molecular complexity index is 583. The molecule has 1 aliphatic rings. The lowest BCUT2D eigenvalue weighted by Crippen LogP contribution is -2.15. The van der Waals surface area contributed by atoms with Gasteiger partial charge in [0.25, 0.3) is 0 Å². The highest BCUT2D eigenvalue weighted by atomic mass is 16.5. The maximum absolute atomic E-state index is 5.80. The second-order valence-electron chi connectivity index (χ2n) is 5.72. The highest BCUT2D eigenvalue weighted by Gasteiger charge is 2.23. The predicted molar refractivity (Wildman–Crippen MR) is 87.6 cm³/mol. The van der Waals surface area contributed by atoms with Crippen molar-refractivity contribution < 1.29 is 4.74 Å². The van der Waals surface area contributed by atoms with Gasteiger partial charge in [-0.25, -0.2) is 0 Å². The van der Waals surface area contributed by atoms with Crippen molar-refractivity contribution in [2.24, 2.45) is 0 Å². The van der Waals surface area contributed by atoms with Crippen molar-refractivity contribution in [1.29, 1.82) is 0 Å². The maximum atomic E-state index is 5.80. The highest BCUT2D eigenvalue weighted by Crippen LogP contribution is 2.29. The first-order valence-corrected chi connectivity index (χ1v) is 7.84. The average Bonchev–Trinajstić information content (AvgIpc) is 3.34. The molecule has 1 atom stereocenters. The Balaban J connectivity index is 1.80. The van der Waals surface area contributed by atoms with Crippen LogP contribution in [-0.2, 0) is 0 Å². The second kappa shape index (κ2) is 6.31. The molecule has 2 heteroatoms. The summed E-state index contributed by atoms with van der Waals surface area (Å²) in [6, 6.07) is 17.7. The Hall–Kier alpha value is -1.80. The van der Waals surface area contributed by atoms with Crippen molar-refractivity contribution in [2.75, 3.05) is 7.05 Å². The van der Waals surface area contributed by atoms with Crippen LogP contribution in [0.4, 0.5) is 0 Å². The Labute approximate surface area is 127 Å². The molecule has 0 radical (unpaired) electrons. The smallest absolute Gasteiger partial charge is 0.119 e. The molecule has 1 N–H and O–H groups in total. The van der Waals surface area contributed by atoms with Crippen molar-refractivity contribution in [1.82, 2.24) is 5.32 Å². The van der Waals surface area contributed by atoms with Crippen LogP contribution in [-0.4, -0.2) is 13.2 Å². The topological polar surface area (TPSA) is 21.3 Å². The predicted octanol–water partition coefficient (Wildman–Crippen LogP) is 4.57. The van der Waals surface area contributed by atoms with Gasteiger partial charge in [-0.2, -0.15) is 0 Å². The first-order chi connectivity index (χ1) is 10.3. The minimum absolute atomic E-state index is 0.419. The zero-order chi connectivity index (χ0) is 14.7. The lowest BCUT2D eigenvalue weighted by molar-refractivity contribution is 0.303. The second-order valence-corrected chi connectivity index (χ2v) is 5.72. The molecular formula is C19H23NO. The van der Waals surface area contributed by atoms with Crippen molar-refractivity contribution in [3.63, 3.8) is 0 Å². The van der Waals surface area contributed by atoms with Crippen molar-refractivity contribution in [3.05, 3.63) is 54.1 Å². The molecule has 1 unspecified atom stereocenters. The molecule has 2 nitrogen and oxygen atoms in total. The molecule has 1 aliphatic carbocycles. The Morgan fingerprint density at radius 2 is 1.86 bits per heavy atom. The van der Waals surface area contributed by atoms with Crippen LogP contribution in [0.25, 0.3) is 11.1 Å². The van der Waals surface area contributed by atoms with Crippen LogP contribution >= 0.6 is 0 Å². The molecule has 0 bridgehead atoms. The number of rotatable bonds is 6. The molecule has 0 saturated heterocycles. The van der Waals surface area contributed by atoms with E-state index in [1.165, 1.54) is 29.5 Å². The van der Waals surface area contributed by atoms with E-state index >= 15 is 0 Å². The first kappa shape index (κ1) is 14.2. The van der Waals surface area contributed by atoms with Gasteiger partial charge in [0.05, 0.1) is 6.10 Å². The number of benzene rings is 2. The molecule has 2 aromatic rings. The third-order valence-electron chi connectivity index (χ3n) is 4.06. The fourth-order valence-electron chi connectivity index (χ4n) is 2.65. The Morgan fingerprint density at radius 1 is 1.10 bits per heavy atom. The van der Waals surface area contributed by atoms with E-state index in [0.717, 1.165) is 12.2 Å².